The highest BCUT2D eigenvalue weighted by Gasteiger charge is 2.09. The Labute approximate surface area is 94.3 Å². The second-order valence-corrected chi connectivity index (χ2v) is 3.91. The van der Waals surface area contributed by atoms with E-state index in [0.717, 1.165) is 11.8 Å². The van der Waals surface area contributed by atoms with Crippen molar-refractivity contribution in [1.82, 2.24) is 15.2 Å². The molecule has 0 amide bonds. The fourth-order valence-electron chi connectivity index (χ4n) is 0.812. The first-order valence-corrected chi connectivity index (χ1v) is 5.27. The van der Waals surface area contributed by atoms with E-state index in [1.807, 2.05) is 0 Å². The Balaban J connectivity index is 2.55. The van der Waals surface area contributed by atoms with Gasteiger partial charge < -0.3 is 5.11 Å². The molecule has 8 heteroatoms. The van der Waals surface area contributed by atoms with Gasteiger partial charge in [-0.1, -0.05) is 11.8 Å². The highest BCUT2D eigenvalue weighted by molar-refractivity contribution is 7.99. The number of rotatable bonds is 5. The Hall–Kier alpha value is -1.70. The molecule has 0 unspecified atom stereocenters. The summed E-state index contributed by atoms with van der Waals surface area (Å²) >= 11 is 0.951. The number of aromatic amines is 1. The van der Waals surface area contributed by atoms with Gasteiger partial charge in [0.1, 0.15) is 12.1 Å². The van der Waals surface area contributed by atoms with Gasteiger partial charge in [-0.25, -0.2) is 0 Å². The number of aromatic nitrogens is 3. The van der Waals surface area contributed by atoms with Gasteiger partial charge in [0.15, 0.2) is 10.9 Å². The minimum atomic E-state index is -1.17. The number of aliphatic carboxylic acids is 1. The minimum Gasteiger partial charge on any atom is -0.481 e. The van der Waals surface area contributed by atoms with E-state index in [0.29, 0.717) is 0 Å². The number of ketones is 1. The highest BCUT2D eigenvalue weighted by Crippen LogP contribution is 2.10. The summed E-state index contributed by atoms with van der Waals surface area (Å²) in [6.45, 7) is 1.51. The minimum absolute atomic E-state index is 0.0556. The third kappa shape index (κ3) is 3.81. The van der Waals surface area contributed by atoms with Crippen LogP contribution in [0.4, 0.5) is 0 Å². The number of carbonyl (C=O) groups excluding carboxylic acids is 1. The quantitative estimate of drug-likeness (QED) is 0.534. The van der Waals surface area contributed by atoms with E-state index >= 15 is 0 Å². The van der Waals surface area contributed by atoms with E-state index in [1.165, 1.54) is 6.92 Å². The lowest BCUT2D eigenvalue weighted by Gasteiger charge is -1.98. The molecule has 86 valence electrons. The molecular weight excluding hydrogens is 234 g/mol. The van der Waals surface area contributed by atoms with E-state index in [4.69, 9.17) is 5.11 Å². The van der Waals surface area contributed by atoms with Gasteiger partial charge in [0.25, 0.3) is 5.56 Å². The number of aryl methyl sites for hydroxylation is 1. The predicted octanol–water partition coefficient (Wildman–Crippen LogP) is -0.391. The Morgan fingerprint density at radius 3 is 2.69 bits per heavy atom. The van der Waals surface area contributed by atoms with Crippen molar-refractivity contribution >= 4 is 23.5 Å². The molecule has 1 heterocycles. The Morgan fingerprint density at radius 2 is 2.12 bits per heavy atom. The maximum Gasteiger partial charge on any atom is 0.310 e. The number of hydrogen-bond donors (Lipinski definition) is 2. The number of H-pyrrole nitrogens is 1. The normalized spacial score (nSPS) is 10.1. The van der Waals surface area contributed by atoms with Crippen molar-refractivity contribution in [2.45, 2.75) is 18.5 Å². The molecule has 0 bridgehead atoms. The number of carboxylic acids is 1. The number of carbonyl (C=O) groups is 2. The Kier molecular flexibility index (Phi) is 4.18. The van der Waals surface area contributed by atoms with Crippen LogP contribution in [0.25, 0.3) is 0 Å². The van der Waals surface area contributed by atoms with Crippen LogP contribution in [0.15, 0.2) is 9.95 Å². The second kappa shape index (κ2) is 5.40. The molecule has 0 aliphatic heterocycles. The van der Waals surface area contributed by atoms with Crippen LogP contribution in [-0.4, -0.2) is 37.8 Å². The standard InChI is InChI=1S/C8H9N3O4S/c1-4-7(15)9-8(11-10-4)16-3-5(12)2-6(13)14/h2-3H2,1H3,(H,13,14)(H,9,11,15). The lowest BCUT2D eigenvalue weighted by molar-refractivity contribution is -0.139. The molecule has 16 heavy (non-hydrogen) atoms. The first-order chi connectivity index (χ1) is 7.49. The fourth-order valence-corrected chi connectivity index (χ4v) is 1.48. The van der Waals surface area contributed by atoms with Crippen LogP contribution in [0.5, 0.6) is 0 Å². The summed E-state index contributed by atoms with van der Waals surface area (Å²) in [5.41, 5.74) is -0.135. The number of nitrogens with one attached hydrogen (secondary N) is 1. The second-order valence-electron chi connectivity index (χ2n) is 2.94. The van der Waals surface area contributed by atoms with Gasteiger partial charge in [-0.15, -0.1) is 10.2 Å². The van der Waals surface area contributed by atoms with Gasteiger partial charge in [-0.2, -0.15) is 0 Å². The van der Waals surface area contributed by atoms with Crippen molar-refractivity contribution in [3.63, 3.8) is 0 Å². The first kappa shape index (κ1) is 12.4. The van der Waals surface area contributed by atoms with E-state index in [1.54, 1.807) is 0 Å². The average molecular weight is 243 g/mol. The molecule has 0 fully saturated rings. The molecule has 0 atom stereocenters. The largest absolute Gasteiger partial charge is 0.481 e. The Bertz CT molecular complexity index is 471. The van der Waals surface area contributed by atoms with Gasteiger partial charge in [0, 0.05) is 0 Å². The van der Waals surface area contributed by atoms with Gasteiger partial charge in [0.05, 0.1) is 5.75 Å². The van der Waals surface area contributed by atoms with Crippen molar-refractivity contribution in [2.75, 3.05) is 5.75 Å². The van der Waals surface area contributed by atoms with Crippen molar-refractivity contribution in [3.8, 4) is 0 Å². The summed E-state index contributed by atoms with van der Waals surface area (Å²) in [6.07, 6.45) is -0.531. The molecule has 0 radical (unpaired) electrons. The van der Waals surface area contributed by atoms with Gasteiger partial charge in [-0.05, 0) is 6.92 Å². The molecule has 1 rings (SSSR count). The van der Waals surface area contributed by atoms with Crippen LogP contribution < -0.4 is 5.56 Å². The number of carboxylic acid groups (broad SMARTS) is 1. The first-order valence-electron chi connectivity index (χ1n) is 4.29. The third-order valence-corrected chi connectivity index (χ3v) is 2.48. The number of nitrogens with zero attached hydrogens (tertiary/aromatic N) is 2. The fraction of sp³-hybridized carbons (Fsp3) is 0.375. The molecule has 0 spiro atoms. The van der Waals surface area contributed by atoms with Gasteiger partial charge in [-0.3, -0.25) is 19.4 Å². The molecule has 1 aromatic rings. The van der Waals surface area contributed by atoms with E-state index in [-0.39, 0.29) is 22.2 Å². The molecule has 1 aromatic heterocycles. The summed E-state index contributed by atoms with van der Waals surface area (Å²) in [6, 6.07) is 0. The number of Topliss-reactive ketones (excluding diaryl/α,β-unsaturated/α-hetero) is 1. The molecule has 7 nitrogen and oxygen atoms in total. The lowest BCUT2D eigenvalue weighted by atomic mass is 10.3. The average Bonchev–Trinajstić information content (AvgIpc) is 2.19. The molecule has 0 saturated heterocycles. The topological polar surface area (TPSA) is 113 Å². The maximum atomic E-state index is 11.1. The molecule has 0 aliphatic rings. The van der Waals surface area contributed by atoms with Crippen LogP contribution in [0.3, 0.4) is 0 Å². The van der Waals surface area contributed by atoms with Crippen molar-refractivity contribution in [2.24, 2.45) is 0 Å². The molecule has 0 aliphatic carbocycles. The Morgan fingerprint density at radius 1 is 1.44 bits per heavy atom. The van der Waals surface area contributed by atoms with E-state index < -0.39 is 18.2 Å². The van der Waals surface area contributed by atoms with Gasteiger partial charge >= 0.3 is 5.97 Å². The van der Waals surface area contributed by atoms with Crippen LogP contribution in [0.1, 0.15) is 12.1 Å². The summed E-state index contributed by atoms with van der Waals surface area (Å²) in [4.78, 5) is 34.8. The lowest BCUT2D eigenvalue weighted by Crippen LogP contribution is -2.15. The van der Waals surface area contributed by atoms with E-state index in [9.17, 15) is 14.4 Å². The van der Waals surface area contributed by atoms with Crippen LogP contribution in [0, 0.1) is 6.92 Å². The highest BCUT2D eigenvalue weighted by atomic mass is 32.2. The third-order valence-electron chi connectivity index (χ3n) is 1.56. The smallest absolute Gasteiger partial charge is 0.310 e. The summed E-state index contributed by atoms with van der Waals surface area (Å²) < 4.78 is 0. The number of hydrogen-bond acceptors (Lipinski definition) is 6. The molecule has 0 aromatic carbocycles. The summed E-state index contributed by atoms with van der Waals surface area (Å²) in [7, 11) is 0. The van der Waals surface area contributed by atoms with Crippen molar-refractivity contribution in [3.05, 3.63) is 16.0 Å². The monoisotopic (exact) mass is 243 g/mol. The maximum absolute atomic E-state index is 11.1. The molecule has 0 saturated carbocycles. The van der Waals surface area contributed by atoms with Crippen LogP contribution >= 0.6 is 11.8 Å². The zero-order chi connectivity index (χ0) is 12.1. The SMILES string of the molecule is Cc1nnc(SCC(=O)CC(=O)O)[nH]c1=O. The van der Waals surface area contributed by atoms with Crippen molar-refractivity contribution < 1.29 is 14.7 Å². The zero-order valence-electron chi connectivity index (χ0n) is 8.39. The van der Waals surface area contributed by atoms with Crippen LogP contribution in [0.2, 0.25) is 0 Å². The molecule has 2 N–H and O–H groups in total. The van der Waals surface area contributed by atoms with Crippen LogP contribution in [-0.2, 0) is 9.59 Å². The van der Waals surface area contributed by atoms with Gasteiger partial charge in [0.2, 0.25) is 0 Å². The molecular formula is C8H9N3O4S. The summed E-state index contributed by atoms with van der Waals surface area (Å²) in [5, 5.41) is 15.8. The van der Waals surface area contributed by atoms with Crippen molar-refractivity contribution in [1.29, 1.82) is 0 Å². The zero-order valence-corrected chi connectivity index (χ0v) is 9.21. The van der Waals surface area contributed by atoms with E-state index in [2.05, 4.69) is 15.2 Å². The summed E-state index contributed by atoms with van der Waals surface area (Å²) in [5.74, 6) is -1.67. The number of thioether (sulfide) groups is 1. The predicted molar refractivity (Wildman–Crippen MR) is 55.4 cm³/mol.